The summed E-state index contributed by atoms with van der Waals surface area (Å²) in [4.78, 5) is 23.0. The molecule has 118 valence electrons. The van der Waals surface area contributed by atoms with Crippen molar-refractivity contribution in [1.82, 2.24) is 20.3 Å². The van der Waals surface area contributed by atoms with Crippen LogP contribution in [0.3, 0.4) is 0 Å². The van der Waals surface area contributed by atoms with Gasteiger partial charge in [0.1, 0.15) is 5.00 Å². The molecule has 22 heavy (non-hydrogen) atoms. The fourth-order valence-corrected chi connectivity index (χ4v) is 2.53. The van der Waals surface area contributed by atoms with E-state index in [1.165, 1.54) is 14.0 Å². The number of alkyl halides is 3. The topological polar surface area (TPSA) is 79.8 Å². The lowest BCUT2D eigenvalue weighted by Gasteiger charge is -2.10. The summed E-state index contributed by atoms with van der Waals surface area (Å²) >= 11 is 1.07. The number of anilines is 2. The number of hydrogen-bond acceptors (Lipinski definition) is 6. The Bertz CT molecular complexity index is 713. The molecule has 10 heteroatoms. The molecular formula is C12H12F3N5OS. The summed E-state index contributed by atoms with van der Waals surface area (Å²) in [5, 5.41) is 5.96. The van der Waals surface area contributed by atoms with Crippen molar-refractivity contribution in [1.29, 1.82) is 0 Å². The average molecular weight is 331 g/mol. The van der Waals surface area contributed by atoms with E-state index in [-0.39, 0.29) is 22.6 Å². The molecule has 0 saturated heterocycles. The van der Waals surface area contributed by atoms with Crippen molar-refractivity contribution < 1.29 is 18.0 Å². The van der Waals surface area contributed by atoms with Gasteiger partial charge in [-0.25, -0.2) is 15.0 Å². The van der Waals surface area contributed by atoms with Crippen LogP contribution in [-0.2, 0) is 6.18 Å². The van der Waals surface area contributed by atoms with E-state index in [9.17, 15) is 18.0 Å². The molecule has 6 nitrogen and oxygen atoms in total. The average Bonchev–Trinajstić information content (AvgIpc) is 2.78. The number of nitrogens with one attached hydrogen (secondary N) is 2. The predicted octanol–water partition coefficient (Wildman–Crippen LogP) is 2.67. The minimum atomic E-state index is -4.49. The van der Waals surface area contributed by atoms with Crippen LogP contribution in [0, 0.1) is 13.8 Å². The monoisotopic (exact) mass is 331 g/mol. The van der Waals surface area contributed by atoms with Gasteiger partial charge in [0.2, 0.25) is 5.95 Å². The van der Waals surface area contributed by atoms with Gasteiger partial charge in [0, 0.05) is 13.2 Å². The minimum absolute atomic E-state index is 0.0145. The lowest BCUT2D eigenvalue weighted by atomic mass is 10.2. The quantitative estimate of drug-likeness (QED) is 0.904. The highest BCUT2D eigenvalue weighted by atomic mass is 32.1. The first kappa shape index (κ1) is 16.1. The van der Waals surface area contributed by atoms with Crippen molar-refractivity contribution >= 4 is 28.2 Å². The summed E-state index contributed by atoms with van der Waals surface area (Å²) in [6.45, 7) is 2.92. The van der Waals surface area contributed by atoms with Crippen LogP contribution in [0.2, 0.25) is 0 Å². The van der Waals surface area contributed by atoms with Crippen LogP contribution in [0.15, 0.2) is 6.20 Å². The predicted molar refractivity (Wildman–Crippen MR) is 75.3 cm³/mol. The molecule has 0 atom stereocenters. The molecule has 1 amide bonds. The van der Waals surface area contributed by atoms with Crippen molar-refractivity contribution in [3.8, 4) is 0 Å². The van der Waals surface area contributed by atoms with Gasteiger partial charge in [0.15, 0.2) is 5.01 Å². The van der Waals surface area contributed by atoms with Gasteiger partial charge in [-0.2, -0.15) is 13.2 Å². The number of amides is 1. The van der Waals surface area contributed by atoms with E-state index in [4.69, 9.17) is 0 Å². The van der Waals surface area contributed by atoms with E-state index in [0.29, 0.717) is 10.7 Å². The van der Waals surface area contributed by atoms with E-state index in [2.05, 4.69) is 25.6 Å². The smallest absolute Gasteiger partial charge is 0.353 e. The minimum Gasteiger partial charge on any atom is -0.353 e. The molecule has 2 aromatic rings. The summed E-state index contributed by atoms with van der Waals surface area (Å²) in [5.74, 6) is -0.327. The Balaban J connectivity index is 2.27. The maximum Gasteiger partial charge on any atom is 0.419 e. The second-order valence-corrected chi connectivity index (χ2v) is 5.33. The van der Waals surface area contributed by atoms with Crippen molar-refractivity contribution in [2.24, 2.45) is 0 Å². The van der Waals surface area contributed by atoms with Crippen LogP contribution in [0.5, 0.6) is 0 Å². The van der Waals surface area contributed by atoms with E-state index in [0.717, 1.165) is 17.5 Å². The van der Waals surface area contributed by atoms with Crippen molar-refractivity contribution in [3.63, 3.8) is 0 Å². The number of carbonyl (C=O) groups is 1. The Labute approximate surface area is 127 Å². The Morgan fingerprint density at radius 2 is 1.91 bits per heavy atom. The van der Waals surface area contributed by atoms with E-state index < -0.39 is 11.7 Å². The second kappa shape index (κ2) is 5.87. The van der Waals surface area contributed by atoms with E-state index >= 15 is 0 Å². The molecule has 2 N–H and O–H groups in total. The largest absolute Gasteiger partial charge is 0.419 e. The van der Waals surface area contributed by atoms with E-state index in [1.54, 1.807) is 6.92 Å². The molecule has 0 aliphatic heterocycles. The Kier molecular flexibility index (Phi) is 4.31. The third-order valence-corrected chi connectivity index (χ3v) is 3.80. The first-order valence-electron chi connectivity index (χ1n) is 6.09. The van der Waals surface area contributed by atoms with Gasteiger partial charge < -0.3 is 10.6 Å². The van der Waals surface area contributed by atoms with Gasteiger partial charge in [-0.1, -0.05) is 11.3 Å². The third kappa shape index (κ3) is 3.32. The van der Waals surface area contributed by atoms with Gasteiger partial charge in [0.05, 0.1) is 17.0 Å². The maximum absolute atomic E-state index is 12.6. The molecule has 2 aromatic heterocycles. The zero-order valence-corrected chi connectivity index (χ0v) is 12.7. The number of halogens is 3. The van der Waals surface area contributed by atoms with Crippen LogP contribution >= 0.6 is 11.3 Å². The van der Waals surface area contributed by atoms with Gasteiger partial charge in [-0.15, -0.1) is 0 Å². The van der Waals surface area contributed by atoms with Crippen LogP contribution < -0.4 is 10.6 Å². The third-order valence-electron chi connectivity index (χ3n) is 2.73. The molecule has 0 saturated carbocycles. The highest BCUT2D eigenvalue weighted by Gasteiger charge is 2.33. The van der Waals surface area contributed by atoms with Crippen LogP contribution in [0.25, 0.3) is 0 Å². The van der Waals surface area contributed by atoms with Crippen LogP contribution in [-0.4, -0.2) is 27.9 Å². The highest BCUT2D eigenvalue weighted by Crippen LogP contribution is 2.32. The SMILES string of the molecule is CNC(=O)c1nc(C)c(Nc2ncc(C(F)(F)F)c(C)n2)s1. The number of aromatic nitrogens is 3. The molecule has 0 fully saturated rings. The number of aryl methyl sites for hydroxylation is 2. The van der Waals surface area contributed by atoms with Crippen LogP contribution in [0.4, 0.5) is 24.1 Å². The fraction of sp³-hybridized carbons (Fsp3) is 0.333. The van der Waals surface area contributed by atoms with Gasteiger partial charge in [-0.3, -0.25) is 4.79 Å². The normalized spacial score (nSPS) is 11.4. The first-order chi connectivity index (χ1) is 10.2. The highest BCUT2D eigenvalue weighted by molar-refractivity contribution is 7.17. The molecule has 2 rings (SSSR count). The molecule has 0 radical (unpaired) electrons. The summed E-state index contributed by atoms with van der Waals surface area (Å²) < 4.78 is 37.9. The Hall–Kier alpha value is -2.23. The molecular weight excluding hydrogens is 319 g/mol. The van der Waals surface area contributed by atoms with E-state index in [1.807, 2.05) is 0 Å². The summed E-state index contributed by atoms with van der Waals surface area (Å²) in [6, 6.07) is 0. The number of rotatable bonds is 3. The van der Waals surface area contributed by atoms with Crippen molar-refractivity contribution in [2.45, 2.75) is 20.0 Å². The summed E-state index contributed by atoms with van der Waals surface area (Å²) in [6.07, 6.45) is -3.77. The molecule has 0 aliphatic rings. The summed E-state index contributed by atoms with van der Waals surface area (Å²) in [7, 11) is 1.48. The zero-order valence-electron chi connectivity index (χ0n) is 11.9. The molecule has 0 aliphatic carbocycles. The number of carbonyl (C=O) groups excluding carboxylic acids is 1. The molecule has 0 aromatic carbocycles. The Morgan fingerprint density at radius 1 is 1.23 bits per heavy atom. The zero-order chi connectivity index (χ0) is 16.5. The number of thiazole rings is 1. The van der Waals surface area contributed by atoms with Gasteiger partial charge in [0.25, 0.3) is 5.91 Å². The first-order valence-corrected chi connectivity index (χ1v) is 6.91. The number of hydrogen-bond donors (Lipinski definition) is 2. The lowest BCUT2D eigenvalue weighted by molar-refractivity contribution is -0.138. The van der Waals surface area contributed by atoms with Gasteiger partial charge >= 0.3 is 6.18 Å². The van der Waals surface area contributed by atoms with Crippen molar-refractivity contribution in [3.05, 3.63) is 28.2 Å². The van der Waals surface area contributed by atoms with Crippen LogP contribution in [0.1, 0.15) is 26.8 Å². The van der Waals surface area contributed by atoms with Gasteiger partial charge in [-0.05, 0) is 13.8 Å². The standard InChI is InChI=1S/C12H12F3N5OS/c1-5-7(12(13,14)15)4-17-11(19-5)20-9-6(2)18-10(22-9)8(21)16-3/h4H,1-3H3,(H,16,21)(H,17,19,20). The Morgan fingerprint density at radius 3 is 2.45 bits per heavy atom. The summed E-state index contributed by atoms with van der Waals surface area (Å²) in [5.41, 5.74) is -0.534. The maximum atomic E-state index is 12.6. The number of nitrogens with zero attached hydrogens (tertiary/aromatic N) is 3. The lowest BCUT2D eigenvalue weighted by Crippen LogP contribution is -2.17. The second-order valence-electron chi connectivity index (χ2n) is 4.33. The molecule has 0 unspecified atom stereocenters. The molecule has 2 heterocycles. The molecule has 0 spiro atoms. The molecule has 0 bridgehead atoms. The van der Waals surface area contributed by atoms with Crippen molar-refractivity contribution in [2.75, 3.05) is 12.4 Å². The fourth-order valence-electron chi connectivity index (χ4n) is 1.62.